The van der Waals surface area contributed by atoms with Gasteiger partial charge in [0.05, 0.1) is 32.3 Å². The number of hydrogen-bond donors (Lipinski definition) is 0. The molecular formula is C24H20ClN3O3S. The summed E-state index contributed by atoms with van der Waals surface area (Å²) < 4.78 is 5.90. The van der Waals surface area contributed by atoms with Crippen LogP contribution in [0.4, 0.5) is 0 Å². The molecule has 8 heteroatoms. The molecule has 0 radical (unpaired) electrons. The second-order valence-electron chi connectivity index (χ2n) is 7.74. The molecule has 162 valence electrons. The lowest BCUT2D eigenvalue weighted by Gasteiger charge is -2.34. The minimum atomic E-state index is -0.149. The summed E-state index contributed by atoms with van der Waals surface area (Å²) in [5.74, 6) is 0.112. The van der Waals surface area contributed by atoms with E-state index >= 15 is 0 Å². The Morgan fingerprint density at radius 2 is 1.75 bits per heavy atom. The highest BCUT2D eigenvalue weighted by molar-refractivity contribution is 7.19. The maximum atomic E-state index is 13.6. The van der Waals surface area contributed by atoms with Crippen LogP contribution in [0.5, 0.6) is 0 Å². The highest BCUT2D eigenvalue weighted by Crippen LogP contribution is 2.33. The predicted octanol–water partition coefficient (Wildman–Crippen LogP) is 5.12. The molecule has 5 rings (SSSR count). The van der Waals surface area contributed by atoms with E-state index in [4.69, 9.17) is 21.0 Å². The van der Waals surface area contributed by atoms with Gasteiger partial charge in [-0.25, -0.2) is 4.98 Å². The fraction of sp³-hybridized carbons (Fsp3) is 0.208. The van der Waals surface area contributed by atoms with Crippen molar-refractivity contribution in [1.82, 2.24) is 14.8 Å². The third-order valence-corrected chi connectivity index (χ3v) is 6.86. The first kappa shape index (κ1) is 20.7. The first-order valence-corrected chi connectivity index (χ1v) is 11.5. The highest BCUT2D eigenvalue weighted by Gasteiger charge is 2.28. The number of carbonyl (C=O) groups excluding carboxylic acids is 2. The van der Waals surface area contributed by atoms with Gasteiger partial charge < -0.3 is 14.2 Å². The number of aryl methyl sites for hydroxylation is 1. The van der Waals surface area contributed by atoms with E-state index < -0.39 is 0 Å². The molecule has 1 aromatic carbocycles. The average molecular weight is 466 g/mol. The molecule has 4 heterocycles. The lowest BCUT2D eigenvalue weighted by atomic mass is 10.0. The summed E-state index contributed by atoms with van der Waals surface area (Å²) in [5, 5.41) is 0.829. The van der Waals surface area contributed by atoms with Crippen LogP contribution in [0.15, 0.2) is 59.2 Å². The molecular weight excluding hydrogens is 446 g/mol. The van der Waals surface area contributed by atoms with Crippen LogP contribution in [0.1, 0.15) is 26.5 Å². The number of thiophene rings is 1. The second-order valence-corrected chi connectivity index (χ2v) is 9.46. The first-order chi connectivity index (χ1) is 15.5. The maximum absolute atomic E-state index is 13.6. The Labute approximate surface area is 194 Å². The Morgan fingerprint density at radius 1 is 1.00 bits per heavy atom. The third-order valence-electron chi connectivity index (χ3n) is 5.61. The van der Waals surface area contributed by atoms with Gasteiger partial charge in [-0.3, -0.25) is 9.59 Å². The number of pyridine rings is 1. The fourth-order valence-electron chi connectivity index (χ4n) is 3.93. The summed E-state index contributed by atoms with van der Waals surface area (Å²) in [6.45, 7) is 3.84. The van der Waals surface area contributed by atoms with Gasteiger partial charge in [0.15, 0.2) is 5.76 Å². The topological polar surface area (TPSA) is 66.7 Å². The van der Waals surface area contributed by atoms with Gasteiger partial charge in [0.1, 0.15) is 0 Å². The number of piperazine rings is 1. The number of carbonyl (C=O) groups is 2. The van der Waals surface area contributed by atoms with Crippen LogP contribution in [0.2, 0.25) is 4.34 Å². The van der Waals surface area contributed by atoms with Gasteiger partial charge in [-0.15, -0.1) is 11.3 Å². The standard InChI is InChI=1S/C24H20ClN3O3S/c1-15-4-5-18-16(13-15)17(14-19(26-18)21-6-7-22(25)32-21)23(29)27-8-10-28(11-9-27)24(30)20-3-2-12-31-20/h2-7,12-14H,8-11H2,1H3. The molecule has 1 fully saturated rings. The number of halogens is 1. The van der Waals surface area contributed by atoms with Gasteiger partial charge in [-0.1, -0.05) is 23.2 Å². The monoisotopic (exact) mass is 465 g/mol. The molecule has 1 aliphatic rings. The zero-order chi connectivity index (χ0) is 22.2. The van der Waals surface area contributed by atoms with Crippen molar-refractivity contribution in [3.05, 3.63) is 76.0 Å². The Morgan fingerprint density at radius 3 is 2.41 bits per heavy atom. The number of hydrogen-bond acceptors (Lipinski definition) is 5. The number of fused-ring (bicyclic) bond motifs is 1. The molecule has 6 nitrogen and oxygen atoms in total. The SMILES string of the molecule is Cc1ccc2nc(-c3ccc(Cl)s3)cc(C(=O)N3CCN(C(=O)c4ccco4)CC3)c2c1. The molecule has 1 aliphatic heterocycles. The van der Waals surface area contributed by atoms with Crippen molar-refractivity contribution >= 4 is 45.7 Å². The highest BCUT2D eigenvalue weighted by atomic mass is 35.5. The van der Waals surface area contributed by atoms with E-state index in [9.17, 15) is 9.59 Å². The number of furan rings is 1. The molecule has 0 saturated carbocycles. The Hall–Kier alpha value is -3.16. The summed E-state index contributed by atoms with van der Waals surface area (Å²) in [6, 6.07) is 14.9. The van der Waals surface area contributed by atoms with E-state index in [0.717, 1.165) is 27.0 Å². The van der Waals surface area contributed by atoms with Crippen molar-refractivity contribution < 1.29 is 14.0 Å². The maximum Gasteiger partial charge on any atom is 0.289 e. The van der Waals surface area contributed by atoms with Crippen molar-refractivity contribution in [1.29, 1.82) is 0 Å². The fourth-order valence-corrected chi connectivity index (χ4v) is 4.94. The van der Waals surface area contributed by atoms with Gasteiger partial charge in [-0.05, 0) is 49.4 Å². The summed E-state index contributed by atoms with van der Waals surface area (Å²) in [5.41, 5.74) is 3.18. The Bertz CT molecular complexity index is 1310. The molecule has 0 spiro atoms. The molecule has 1 saturated heterocycles. The van der Waals surface area contributed by atoms with Gasteiger partial charge in [0.25, 0.3) is 11.8 Å². The zero-order valence-electron chi connectivity index (χ0n) is 17.4. The molecule has 4 aromatic rings. The number of nitrogens with zero attached hydrogens (tertiary/aromatic N) is 3. The van der Waals surface area contributed by atoms with E-state index in [1.54, 1.807) is 21.9 Å². The smallest absolute Gasteiger partial charge is 0.289 e. The quantitative estimate of drug-likeness (QED) is 0.421. The largest absolute Gasteiger partial charge is 0.459 e. The van der Waals surface area contributed by atoms with E-state index in [1.807, 2.05) is 43.3 Å². The van der Waals surface area contributed by atoms with Gasteiger partial charge >= 0.3 is 0 Å². The number of aromatic nitrogens is 1. The second kappa shape index (κ2) is 8.41. The normalized spacial score (nSPS) is 14.2. The summed E-state index contributed by atoms with van der Waals surface area (Å²) in [4.78, 5) is 35.3. The van der Waals surface area contributed by atoms with Crippen LogP contribution in [-0.2, 0) is 0 Å². The molecule has 2 amide bonds. The van der Waals surface area contributed by atoms with Gasteiger partial charge in [0, 0.05) is 31.6 Å². The van der Waals surface area contributed by atoms with Crippen molar-refractivity contribution in [2.24, 2.45) is 0 Å². The molecule has 0 unspecified atom stereocenters. The Kier molecular flexibility index (Phi) is 5.45. The lowest BCUT2D eigenvalue weighted by molar-refractivity contribution is 0.0519. The van der Waals surface area contributed by atoms with E-state index in [-0.39, 0.29) is 11.8 Å². The predicted molar refractivity (Wildman–Crippen MR) is 125 cm³/mol. The summed E-state index contributed by atoms with van der Waals surface area (Å²) in [7, 11) is 0. The Balaban J connectivity index is 1.44. The molecule has 3 aromatic heterocycles. The molecule has 0 N–H and O–H groups in total. The van der Waals surface area contributed by atoms with Crippen molar-refractivity contribution in [3.8, 4) is 10.6 Å². The molecule has 0 bridgehead atoms. The molecule has 0 atom stereocenters. The van der Waals surface area contributed by atoms with Crippen LogP contribution < -0.4 is 0 Å². The van der Waals surface area contributed by atoms with E-state index in [2.05, 4.69) is 0 Å². The third kappa shape index (κ3) is 3.89. The average Bonchev–Trinajstić information content (AvgIpc) is 3.50. The van der Waals surface area contributed by atoms with Crippen LogP contribution in [0.3, 0.4) is 0 Å². The van der Waals surface area contributed by atoms with Crippen LogP contribution in [0, 0.1) is 6.92 Å². The molecule has 32 heavy (non-hydrogen) atoms. The van der Waals surface area contributed by atoms with Crippen LogP contribution in [0.25, 0.3) is 21.5 Å². The minimum Gasteiger partial charge on any atom is -0.459 e. The number of rotatable bonds is 3. The summed E-state index contributed by atoms with van der Waals surface area (Å²) >= 11 is 7.56. The zero-order valence-corrected chi connectivity index (χ0v) is 18.9. The number of amides is 2. The van der Waals surface area contributed by atoms with Crippen LogP contribution in [-0.4, -0.2) is 52.8 Å². The lowest BCUT2D eigenvalue weighted by Crippen LogP contribution is -2.50. The van der Waals surface area contributed by atoms with Crippen LogP contribution >= 0.6 is 22.9 Å². The van der Waals surface area contributed by atoms with E-state index in [1.165, 1.54) is 17.6 Å². The first-order valence-electron chi connectivity index (χ1n) is 10.3. The van der Waals surface area contributed by atoms with Gasteiger partial charge in [-0.2, -0.15) is 0 Å². The minimum absolute atomic E-state index is 0.0583. The van der Waals surface area contributed by atoms with Crippen molar-refractivity contribution in [2.45, 2.75) is 6.92 Å². The van der Waals surface area contributed by atoms with E-state index in [0.29, 0.717) is 41.8 Å². The molecule has 0 aliphatic carbocycles. The summed E-state index contributed by atoms with van der Waals surface area (Å²) in [6.07, 6.45) is 1.49. The van der Waals surface area contributed by atoms with Crippen molar-refractivity contribution in [2.75, 3.05) is 26.2 Å². The number of benzene rings is 1. The van der Waals surface area contributed by atoms with Gasteiger partial charge in [0.2, 0.25) is 0 Å². The van der Waals surface area contributed by atoms with Crippen molar-refractivity contribution in [3.63, 3.8) is 0 Å².